The number of aromatic nitrogens is 3. The molecular weight excluding hydrogens is 206 g/mol. The van der Waals surface area contributed by atoms with Crippen molar-refractivity contribution in [1.82, 2.24) is 19.5 Å². The highest BCUT2D eigenvalue weighted by Gasteiger charge is 2.09. The molecule has 0 amide bonds. The van der Waals surface area contributed by atoms with Crippen molar-refractivity contribution in [1.29, 1.82) is 0 Å². The Morgan fingerprint density at radius 3 is 3.00 bits per heavy atom. The molecule has 0 aliphatic carbocycles. The largest absolute Gasteiger partial charge is 0.491 e. The molecule has 0 aromatic carbocycles. The van der Waals surface area contributed by atoms with Gasteiger partial charge in [0.05, 0.1) is 19.6 Å². The highest BCUT2D eigenvalue weighted by Crippen LogP contribution is 2.28. The number of aliphatic imine (C=N–C) groups is 1. The summed E-state index contributed by atoms with van der Waals surface area (Å²) >= 11 is 0. The van der Waals surface area contributed by atoms with Crippen LogP contribution >= 0.6 is 0 Å². The summed E-state index contributed by atoms with van der Waals surface area (Å²) in [5, 5.41) is 4.08. The molecule has 84 valence electrons. The van der Waals surface area contributed by atoms with Gasteiger partial charge in [0, 0.05) is 14.1 Å². The molecule has 2 aromatic heterocycles. The third kappa shape index (κ3) is 1.81. The van der Waals surface area contributed by atoms with E-state index < -0.39 is 0 Å². The number of methoxy groups -OCH3 is 1. The number of hydrogen-bond donors (Lipinski definition) is 0. The first-order valence-corrected chi connectivity index (χ1v) is 4.79. The van der Waals surface area contributed by atoms with E-state index in [2.05, 4.69) is 15.1 Å². The highest BCUT2D eigenvalue weighted by atomic mass is 16.5. The maximum atomic E-state index is 5.29. The van der Waals surface area contributed by atoms with Gasteiger partial charge in [0.25, 0.3) is 0 Å². The Labute approximate surface area is 93.2 Å². The molecule has 6 heteroatoms. The Kier molecular flexibility index (Phi) is 2.72. The minimum Gasteiger partial charge on any atom is -0.491 e. The van der Waals surface area contributed by atoms with E-state index in [4.69, 9.17) is 4.74 Å². The van der Waals surface area contributed by atoms with Crippen LogP contribution in [-0.2, 0) is 0 Å². The molecule has 16 heavy (non-hydrogen) atoms. The van der Waals surface area contributed by atoms with Crippen molar-refractivity contribution in [2.75, 3.05) is 21.2 Å². The topological polar surface area (TPSA) is 55.0 Å². The summed E-state index contributed by atoms with van der Waals surface area (Å²) in [4.78, 5) is 10.2. The lowest BCUT2D eigenvalue weighted by Gasteiger charge is -2.06. The molecule has 0 saturated carbocycles. The average Bonchev–Trinajstić information content (AvgIpc) is 2.73. The molecule has 0 atom stereocenters. The average molecular weight is 219 g/mol. The van der Waals surface area contributed by atoms with Gasteiger partial charge in [-0.05, 0) is 6.07 Å². The van der Waals surface area contributed by atoms with Gasteiger partial charge in [0.2, 0.25) is 0 Å². The molecule has 2 rings (SSSR count). The SMILES string of the molecule is COc1c(N=CN(C)C)ncn2nccc12. The molecule has 0 bridgehead atoms. The summed E-state index contributed by atoms with van der Waals surface area (Å²) in [7, 11) is 5.39. The van der Waals surface area contributed by atoms with Crippen LogP contribution in [0.2, 0.25) is 0 Å². The van der Waals surface area contributed by atoms with Gasteiger partial charge in [-0.15, -0.1) is 0 Å². The van der Waals surface area contributed by atoms with Gasteiger partial charge in [0.15, 0.2) is 11.6 Å². The van der Waals surface area contributed by atoms with E-state index in [1.807, 2.05) is 25.1 Å². The number of fused-ring (bicyclic) bond motifs is 1. The van der Waals surface area contributed by atoms with Crippen LogP contribution in [0.3, 0.4) is 0 Å². The monoisotopic (exact) mass is 219 g/mol. The Bertz CT molecular complexity index is 517. The molecule has 0 radical (unpaired) electrons. The summed E-state index contributed by atoms with van der Waals surface area (Å²) in [6.07, 6.45) is 4.98. The number of hydrogen-bond acceptors (Lipinski definition) is 4. The molecule has 0 fully saturated rings. The van der Waals surface area contributed by atoms with Crippen molar-refractivity contribution in [2.45, 2.75) is 0 Å². The van der Waals surface area contributed by atoms with E-state index >= 15 is 0 Å². The van der Waals surface area contributed by atoms with E-state index in [0.29, 0.717) is 11.6 Å². The lowest BCUT2D eigenvalue weighted by atomic mass is 10.4. The summed E-state index contributed by atoms with van der Waals surface area (Å²) in [6, 6.07) is 1.86. The first kappa shape index (κ1) is 10.4. The van der Waals surface area contributed by atoms with E-state index in [1.54, 1.807) is 30.5 Å². The second kappa shape index (κ2) is 4.18. The standard InChI is InChI=1S/C10H13N5O/c1-14(2)6-11-10-9(16-3)8-4-5-13-15(8)7-12-10/h4-7H,1-3H3. The van der Waals surface area contributed by atoms with Gasteiger partial charge in [-0.2, -0.15) is 5.10 Å². The van der Waals surface area contributed by atoms with E-state index in [-0.39, 0.29) is 0 Å². The normalized spacial score (nSPS) is 11.2. The molecule has 2 heterocycles. The second-order valence-corrected chi connectivity index (χ2v) is 3.47. The summed E-state index contributed by atoms with van der Waals surface area (Å²) in [6.45, 7) is 0. The zero-order valence-corrected chi connectivity index (χ0v) is 9.45. The van der Waals surface area contributed by atoms with Gasteiger partial charge >= 0.3 is 0 Å². The van der Waals surface area contributed by atoms with Crippen LogP contribution in [0, 0.1) is 0 Å². The van der Waals surface area contributed by atoms with Gasteiger partial charge < -0.3 is 9.64 Å². The number of nitrogens with zero attached hydrogens (tertiary/aromatic N) is 5. The lowest BCUT2D eigenvalue weighted by molar-refractivity contribution is 0.417. The van der Waals surface area contributed by atoms with Crippen molar-refractivity contribution in [3.63, 3.8) is 0 Å². The van der Waals surface area contributed by atoms with Gasteiger partial charge in [-0.1, -0.05) is 0 Å². The van der Waals surface area contributed by atoms with Crippen LogP contribution in [0.15, 0.2) is 23.6 Å². The van der Waals surface area contributed by atoms with Crippen molar-refractivity contribution in [3.05, 3.63) is 18.6 Å². The quantitative estimate of drug-likeness (QED) is 0.570. The fourth-order valence-corrected chi connectivity index (χ4v) is 1.33. The molecule has 0 saturated heterocycles. The summed E-state index contributed by atoms with van der Waals surface area (Å²) < 4.78 is 6.94. The Balaban J connectivity index is 2.52. The first-order valence-electron chi connectivity index (χ1n) is 4.79. The third-order valence-corrected chi connectivity index (χ3v) is 2.01. The minimum absolute atomic E-state index is 0.546. The molecule has 6 nitrogen and oxygen atoms in total. The Hall–Kier alpha value is -2.11. The predicted octanol–water partition coefficient (Wildman–Crippen LogP) is 0.959. The third-order valence-electron chi connectivity index (χ3n) is 2.01. The maximum Gasteiger partial charge on any atom is 0.200 e. The second-order valence-electron chi connectivity index (χ2n) is 3.47. The van der Waals surface area contributed by atoms with Crippen LogP contribution in [-0.4, -0.2) is 47.0 Å². The van der Waals surface area contributed by atoms with Gasteiger partial charge in [-0.3, -0.25) is 0 Å². The summed E-state index contributed by atoms with van der Waals surface area (Å²) in [5.41, 5.74) is 0.850. The van der Waals surface area contributed by atoms with E-state index in [1.165, 1.54) is 0 Å². The summed E-state index contributed by atoms with van der Waals surface area (Å²) in [5.74, 6) is 1.17. The zero-order valence-electron chi connectivity index (χ0n) is 9.45. The Morgan fingerprint density at radius 2 is 2.31 bits per heavy atom. The molecule has 0 aliphatic heterocycles. The van der Waals surface area contributed by atoms with Gasteiger partial charge in [0.1, 0.15) is 11.8 Å². The number of ether oxygens (including phenoxy) is 1. The molecule has 0 unspecified atom stereocenters. The highest BCUT2D eigenvalue weighted by molar-refractivity contribution is 5.71. The van der Waals surface area contributed by atoms with Crippen molar-refractivity contribution in [3.8, 4) is 5.75 Å². The smallest absolute Gasteiger partial charge is 0.200 e. The molecule has 0 N–H and O–H groups in total. The van der Waals surface area contributed by atoms with E-state index in [9.17, 15) is 0 Å². The van der Waals surface area contributed by atoms with Crippen molar-refractivity contribution >= 4 is 17.7 Å². The lowest BCUT2D eigenvalue weighted by Crippen LogP contribution is -2.07. The zero-order chi connectivity index (χ0) is 11.5. The fraction of sp³-hybridized carbons (Fsp3) is 0.300. The fourth-order valence-electron chi connectivity index (χ4n) is 1.33. The maximum absolute atomic E-state index is 5.29. The molecule has 2 aromatic rings. The van der Waals surface area contributed by atoms with Crippen LogP contribution in [0.25, 0.3) is 5.52 Å². The first-order chi connectivity index (χ1) is 7.72. The van der Waals surface area contributed by atoms with Crippen molar-refractivity contribution < 1.29 is 4.74 Å². The van der Waals surface area contributed by atoms with Crippen LogP contribution in [0.5, 0.6) is 5.75 Å². The van der Waals surface area contributed by atoms with E-state index in [0.717, 1.165) is 5.52 Å². The van der Waals surface area contributed by atoms with Crippen molar-refractivity contribution in [2.24, 2.45) is 4.99 Å². The molecule has 0 aliphatic rings. The minimum atomic E-state index is 0.546. The molecular formula is C10H13N5O. The number of rotatable bonds is 3. The predicted molar refractivity (Wildman–Crippen MR) is 61.4 cm³/mol. The van der Waals surface area contributed by atoms with Crippen LogP contribution < -0.4 is 4.74 Å². The van der Waals surface area contributed by atoms with Crippen LogP contribution in [0.4, 0.5) is 5.82 Å². The van der Waals surface area contributed by atoms with Gasteiger partial charge in [-0.25, -0.2) is 14.5 Å². The molecule has 0 spiro atoms. The Morgan fingerprint density at radius 1 is 1.50 bits per heavy atom. The van der Waals surface area contributed by atoms with Crippen LogP contribution in [0.1, 0.15) is 0 Å².